The minimum atomic E-state index is -0.312. The molecule has 0 aliphatic carbocycles. The van der Waals surface area contributed by atoms with Crippen LogP contribution in [0.2, 0.25) is 0 Å². The predicted molar refractivity (Wildman–Crippen MR) is 85.4 cm³/mol. The molecule has 0 saturated carbocycles. The zero-order valence-corrected chi connectivity index (χ0v) is 12.9. The largest absolute Gasteiger partial charge is 0.416 e. The Morgan fingerprint density at radius 3 is 2.83 bits per heavy atom. The molecule has 0 bridgehead atoms. The molecular formula is C17H19N3O3. The van der Waals surface area contributed by atoms with Gasteiger partial charge in [-0.05, 0) is 12.1 Å². The van der Waals surface area contributed by atoms with Gasteiger partial charge in [0.1, 0.15) is 0 Å². The first kappa shape index (κ1) is 14.4. The van der Waals surface area contributed by atoms with Crippen LogP contribution in [0.3, 0.4) is 0 Å². The van der Waals surface area contributed by atoms with Crippen molar-refractivity contribution in [2.24, 2.45) is 0 Å². The van der Waals surface area contributed by atoms with Crippen molar-refractivity contribution in [1.82, 2.24) is 14.8 Å². The Morgan fingerprint density at radius 1 is 1.13 bits per heavy atom. The van der Waals surface area contributed by atoms with E-state index >= 15 is 0 Å². The minimum absolute atomic E-state index is 0.312. The van der Waals surface area contributed by atoms with Gasteiger partial charge in [0, 0.05) is 37.1 Å². The monoisotopic (exact) mass is 313 g/mol. The van der Waals surface area contributed by atoms with Crippen LogP contribution in [0.1, 0.15) is 5.56 Å². The first-order valence-electron chi connectivity index (χ1n) is 7.95. The first-order chi connectivity index (χ1) is 11.3. The zero-order valence-electron chi connectivity index (χ0n) is 12.9. The van der Waals surface area contributed by atoms with E-state index < -0.39 is 0 Å². The third-order valence-electron chi connectivity index (χ3n) is 4.36. The Kier molecular flexibility index (Phi) is 3.85. The summed E-state index contributed by atoms with van der Waals surface area (Å²) < 4.78 is 10.8. The molecule has 3 heterocycles. The molecule has 0 atom stereocenters. The molecule has 120 valence electrons. The number of fused-ring (bicyclic) bond motifs is 2. The molecule has 23 heavy (non-hydrogen) atoms. The SMILES string of the molecule is O=C1Oc2nc3ccccc3cc2CN1CCN1CCOCC1. The molecule has 6 heteroatoms. The van der Waals surface area contributed by atoms with Crippen molar-refractivity contribution < 1.29 is 14.3 Å². The van der Waals surface area contributed by atoms with Gasteiger partial charge in [0.25, 0.3) is 0 Å². The van der Waals surface area contributed by atoms with Gasteiger partial charge in [0.15, 0.2) is 0 Å². The lowest BCUT2D eigenvalue weighted by molar-refractivity contribution is 0.0328. The Balaban J connectivity index is 1.49. The quantitative estimate of drug-likeness (QED) is 0.866. The van der Waals surface area contributed by atoms with Gasteiger partial charge in [-0.1, -0.05) is 18.2 Å². The summed E-state index contributed by atoms with van der Waals surface area (Å²) >= 11 is 0. The number of carbonyl (C=O) groups excluding carboxylic acids is 1. The molecule has 2 aromatic rings. The second kappa shape index (κ2) is 6.14. The smallest absolute Gasteiger partial charge is 0.391 e. The maximum Gasteiger partial charge on any atom is 0.416 e. The number of hydrogen-bond acceptors (Lipinski definition) is 5. The number of nitrogens with zero attached hydrogens (tertiary/aromatic N) is 3. The molecule has 1 saturated heterocycles. The van der Waals surface area contributed by atoms with Gasteiger partial charge in [-0.15, -0.1) is 0 Å². The van der Waals surface area contributed by atoms with Crippen LogP contribution in [0, 0.1) is 0 Å². The van der Waals surface area contributed by atoms with Crippen molar-refractivity contribution in [3.05, 3.63) is 35.9 Å². The number of rotatable bonds is 3. The summed E-state index contributed by atoms with van der Waals surface area (Å²) in [6.45, 7) is 5.43. The second-order valence-corrected chi connectivity index (χ2v) is 5.89. The number of ether oxygens (including phenoxy) is 2. The fourth-order valence-electron chi connectivity index (χ4n) is 3.02. The number of hydrogen-bond donors (Lipinski definition) is 0. The van der Waals surface area contributed by atoms with E-state index in [9.17, 15) is 4.79 Å². The summed E-state index contributed by atoms with van der Waals surface area (Å²) in [4.78, 5) is 20.7. The van der Waals surface area contributed by atoms with Crippen molar-refractivity contribution in [2.45, 2.75) is 6.54 Å². The highest BCUT2D eigenvalue weighted by Gasteiger charge is 2.26. The molecule has 0 N–H and O–H groups in total. The molecular weight excluding hydrogens is 294 g/mol. The van der Waals surface area contributed by atoms with Crippen LogP contribution in [-0.2, 0) is 11.3 Å². The minimum Gasteiger partial charge on any atom is -0.391 e. The van der Waals surface area contributed by atoms with Gasteiger partial charge < -0.3 is 14.4 Å². The van der Waals surface area contributed by atoms with E-state index in [1.54, 1.807) is 4.90 Å². The van der Waals surface area contributed by atoms with Crippen molar-refractivity contribution in [3.8, 4) is 5.88 Å². The third-order valence-corrected chi connectivity index (χ3v) is 4.36. The van der Waals surface area contributed by atoms with E-state index in [4.69, 9.17) is 9.47 Å². The lowest BCUT2D eigenvalue weighted by Crippen LogP contribution is -2.45. The van der Waals surface area contributed by atoms with E-state index in [0.29, 0.717) is 19.0 Å². The van der Waals surface area contributed by atoms with E-state index in [1.165, 1.54) is 0 Å². The molecule has 0 unspecified atom stereocenters. The molecule has 1 aromatic carbocycles. The van der Waals surface area contributed by atoms with E-state index in [1.807, 2.05) is 24.3 Å². The molecule has 0 radical (unpaired) electrons. The number of para-hydroxylation sites is 1. The van der Waals surface area contributed by atoms with Crippen LogP contribution in [0.25, 0.3) is 10.9 Å². The fourth-order valence-corrected chi connectivity index (χ4v) is 3.02. The maximum atomic E-state index is 12.2. The zero-order chi connectivity index (χ0) is 15.6. The molecule has 2 aliphatic heterocycles. The highest BCUT2D eigenvalue weighted by Crippen LogP contribution is 2.27. The van der Waals surface area contributed by atoms with Gasteiger partial charge in [-0.25, -0.2) is 9.78 Å². The van der Waals surface area contributed by atoms with Crippen LogP contribution in [0.15, 0.2) is 30.3 Å². The van der Waals surface area contributed by atoms with Crippen LogP contribution < -0.4 is 4.74 Å². The van der Waals surface area contributed by atoms with Crippen molar-refractivity contribution in [3.63, 3.8) is 0 Å². The van der Waals surface area contributed by atoms with Crippen LogP contribution in [0.5, 0.6) is 5.88 Å². The summed E-state index contributed by atoms with van der Waals surface area (Å²) in [5.41, 5.74) is 1.81. The molecule has 1 amide bonds. The molecule has 1 aromatic heterocycles. The standard InChI is InChI=1S/C17H19N3O3/c21-17-20(6-5-19-7-9-22-10-8-19)12-14-11-13-3-1-2-4-15(13)18-16(14)23-17/h1-4,11H,5-10,12H2. The average molecular weight is 313 g/mol. The van der Waals surface area contributed by atoms with Crippen LogP contribution in [-0.4, -0.2) is 60.3 Å². The maximum absolute atomic E-state index is 12.2. The van der Waals surface area contributed by atoms with Gasteiger partial charge in [0.2, 0.25) is 5.88 Å². The lowest BCUT2D eigenvalue weighted by atomic mass is 10.1. The van der Waals surface area contributed by atoms with Gasteiger partial charge in [-0.2, -0.15) is 0 Å². The van der Waals surface area contributed by atoms with E-state index in [2.05, 4.69) is 16.0 Å². The summed E-state index contributed by atoms with van der Waals surface area (Å²) in [5, 5.41) is 1.07. The van der Waals surface area contributed by atoms with Crippen molar-refractivity contribution in [1.29, 1.82) is 0 Å². The summed E-state index contributed by atoms with van der Waals surface area (Å²) in [6, 6.07) is 9.93. The van der Waals surface area contributed by atoms with E-state index in [-0.39, 0.29) is 6.09 Å². The summed E-state index contributed by atoms with van der Waals surface area (Å²) in [5.74, 6) is 0.441. The molecule has 4 rings (SSSR count). The van der Waals surface area contributed by atoms with Crippen molar-refractivity contribution in [2.75, 3.05) is 39.4 Å². The van der Waals surface area contributed by atoms with Gasteiger partial charge >= 0.3 is 6.09 Å². The third kappa shape index (κ3) is 3.00. The normalized spacial score (nSPS) is 18.8. The van der Waals surface area contributed by atoms with E-state index in [0.717, 1.165) is 49.3 Å². The Labute approximate surface area is 134 Å². The number of benzene rings is 1. The highest BCUT2D eigenvalue weighted by molar-refractivity contribution is 5.82. The van der Waals surface area contributed by atoms with Gasteiger partial charge in [0.05, 0.1) is 25.3 Å². The molecule has 1 fully saturated rings. The average Bonchev–Trinajstić information content (AvgIpc) is 2.59. The summed E-state index contributed by atoms with van der Waals surface area (Å²) in [7, 11) is 0. The number of aromatic nitrogens is 1. The molecule has 2 aliphatic rings. The topological polar surface area (TPSA) is 54.9 Å². The number of morpholine rings is 1. The Bertz CT molecular complexity index is 728. The molecule has 6 nitrogen and oxygen atoms in total. The van der Waals surface area contributed by atoms with Crippen LogP contribution in [0.4, 0.5) is 4.79 Å². The fraction of sp³-hybridized carbons (Fsp3) is 0.412. The number of carbonyl (C=O) groups is 1. The van der Waals surface area contributed by atoms with Crippen LogP contribution >= 0.6 is 0 Å². The van der Waals surface area contributed by atoms with Crippen molar-refractivity contribution >= 4 is 17.0 Å². The second-order valence-electron chi connectivity index (χ2n) is 5.89. The Hall–Kier alpha value is -2.18. The number of amides is 1. The number of pyridine rings is 1. The highest BCUT2D eigenvalue weighted by atomic mass is 16.6. The lowest BCUT2D eigenvalue weighted by Gasteiger charge is -2.31. The molecule has 0 spiro atoms. The Morgan fingerprint density at radius 2 is 1.96 bits per heavy atom. The summed E-state index contributed by atoms with van der Waals surface area (Å²) in [6.07, 6.45) is -0.312. The van der Waals surface area contributed by atoms with Gasteiger partial charge in [-0.3, -0.25) is 4.90 Å². The predicted octanol–water partition coefficient (Wildman–Crippen LogP) is 1.88. The first-order valence-corrected chi connectivity index (χ1v) is 7.95.